The lowest BCUT2D eigenvalue weighted by molar-refractivity contribution is -0.129. The molecule has 5 heteroatoms. The number of nitrogens with zero attached hydrogens (tertiary/aromatic N) is 1. The van der Waals surface area contributed by atoms with Crippen LogP contribution in [0.5, 0.6) is 5.75 Å². The van der Waals surface area contributed by atoms with Gasteiger partial charge in [-0.3, -0.25) is 4.79 Å². The molecule has 1 amide bonds. The van der Waals surface area contributed by atoms with Crippen LogP contribution in [0.1, 0.15) is 13.8 Å². The summed E-state index contributed by atoms with van der Waals surface area (Å²) in [5.74, 6) is 0.769. The SMILES string of the molecule is COc1ccc(Br)cc1NCC(=O)N(C)C(C)C. The highest BCUT2D eigenvalue weighted by Crippen LogP contribution is 2.27. The Bertz CT molecular complexity index is 421. The summed E-state index contributed by atoms with van der Waals surface area (Å²) in [6, 6.07) is 5.83. The molecule has 0 saturated heterocycles. The molecule has 0 fully saturated rings. The largest absolute Gasteiger partial charge is 0.495 e. The molecule has 18 heavy (non-hydrogen) atoms. The van der Waals surface area contributed by atoms with Crippen molar-refractivity contribution in [2.45, 2.75) is 19.9 Å². The number of methoxy groups -OCH3 is 1. The number of nitrogens with one attached hydrogen (secondary N) is 1. The van der Waals surface area contributed by atoms with Gasteiger partial charge in [0.2, 0.25) is 5.91 Å². The van der Waals surface area contributed by atoms with Crippen LogP contribution in [-0.2, 0) is 4.79 Å². The lowest BCUT2D eigenvalue weighted by Crippen LogP contribution is -2.37. The number of hydrogen-bond donors (Lipinski definition) is 1. The Labute approximate surface area is 116 Å². The Morgan fingerprint density at radius 1 is 1.50 bits per heavy atom. The second kappa shape index (κ2) is 6.64. The van der Waals surface area contributed by atoms with E-state index in [4.69, 9.17) is 4.74 Å². The monoisotopic (exact) mass is 314 g/mol. The van der Waals surface area contributed by atoms with Crippen molar-refractivity contribution < 1.29 is 9.53 Å². The first-order valence-corrected chi connectivity index (χ1v) is 6.58. The van der Waals surface area contributed by atoms with E-state index in [9.17, 15) is 4.79 Å². The topological polar surface area (TPSA) is 41.6 Å². The molecule has 0 atom stereocenters. The van der Waals surface area contributed by atoms with Crippen molar-refractivity contribution in [1.29, 1.82) is 0 Å². The van der Waals surface area contributed by atoms with Gasteiger partial charge in [-0.1, -0.05) is 15.9 Å². The van der Waals surface area contributed by atoms with Gasteiger partial charge in [0.25, 0.3) is 0 Å². The smallest absolute Gasteiger partial charge is 0.241 e. The number of hydrogen-bond acceptors (Lipinski definition) is 3. The predicted octanol–water partition coefficient (Wildman–Crippen LogP) is 2.74. The summed E-state index contributed by atoms with van der Waals surface area (Å²) in [5, 5.41) is 3.09. The molecule has 100 valence electrons. The third kappa shape index (κ3) is 3.91. The summed E-state index contributed by atoms with van der Waals surface area (Å²) in [6.45, 7) is 4.22. The minimum absolute atomic E-state index is 0.0482. The van der Waals surface area contributed by atoms with Gasteiger partial charge in [0, 0.05) is 17.6 Å². The molecule has 0 bridgehead atoms. The average Bonchev–Trinajstić information content (AvgIpc) is 2.35. The summed E-state index contributed by atoms with van der Waals surface area (Å²) in [5.41, 5.74) is 0.803. The van der Waals surface area contributed by atoms with Crippen LogP contribution < -0.4 is 10.1 Å². The fraction of sp³-hybridized carbons (Fsp3) is 0.462. The van der Waals surface area contributed by atoms with E-state index in [-0.39, 0.29) is 18.5 Å². The number of likely N-dealkylation sites (N-methyl/N-ethyl adjacent to an activating group) is 1. The van der Waals surface area contributed by atoms with Crippen molar-refractivity contribution in [3.05, 3.63) is 22.7 Å². The van der Waals surface area contributed by atoms with Crippen LogP contribution in [0.3, 0.4) is 0 Å². The number of anilines is 1. The number of halogens is 1. The minimum Gasteiger partial charge on any atom is -0.495 e. The van der Waals surface area contributed by atoms with Crippen molar-refractivity contribution in [2.24, 2.45) is 0 Å². The Kier molecular flexibility index (Phi) is 5.47. The minimum atomic E-state index is 0.0482. The molecular weight excluding hydrogens is 296 g/mol. The maximum atomic E-state index is 11.9. The molecule has 0 aliphatic heterocycles. The summed E-state index contributed by atoms with van der Waals surface area (Å²) >= 11 is 3.39. The zero-order valence-electron chi connectivity index (χ0n) is 11.2. The fourth-order valence-corrected chi connectivity index (χ4v) is 1.76. The van der Waals surface area contributed by atoms with E-state index in [1.807, 2.05) is 32.0 Å². The molecule has 0 aliphatic rings. The molecule has 1 aromatic rings. The Balaban J connectivity index is 2.68. The van der Waals surface area contributed by atoms with Crippen LogP contribution in [-0.4, -0.2) is 37.6 Å². The lowest BCUT2D eigenvalue weighted by atomic mass is 10.3. The average molecular weight is 315 g/mol. The fourth-order valence-electron chi connectivity index (χ4n) is 1.40. The van der Waals surface area contributed by atoms with Gasteiger partial charge in [-0.15, -0.1) is 0 Å². The van der Waals surface area contributed by atoms with E-state index in [1.165, 1.54) is 0 Å². The third-order valence-electron chi connectivity index (χ3n) is 2.76. The van der Waals surface area contributed by atoms with Crippen LogP contribution in [0.15, 0.2) is 22.7 Å². The molecule has 1 rings (SSSR count). The molecule has 0 unspecified atom stereocenters. The number of carbonyl (C=O) groups is 1. The van der Waals surface area contributed by atoms with Gasteiger partial charge in [0.05, 0.1) is 19.3 Å². The van der Waals surface area contributed by atoms with Crippen LogP contribution in [0.2, 0.25) is 0 Å². The van der Waals surface area contributed by atoms with Gasteiger partial charge in [0.15, 0.2) is 0 Å². The Morgan fingerprint density at radius 2 is 2.17 bits per heavy atom. The highest BCUT2D eigenvalue weighted by molar-refractivity contribution is 9.10. The molecule has 0 aliphatic carbocycles. The molecule has 1 N–H and O–H groups in total. The zero-order chi connectivity index (χ0) is 13.7. The standard InChI is InChI=1S/C13H19BrN2O2/c1-9(2)16(3)13(17)8-15-11-7-10(14)5-6-12(11)18-4/h5-7,9,15H,8H2,1-4H3. The molecule has 0 spiro atoms. The Hall–Kier alpha value is -1.23. The zero-order valence-corrected chi connectivity index (χ0v) is 12.7. The first-order valence-electron chi connectivity index (χ1n) is 5.78. The summed E-state index contributed by atoms with van der Waals surface area (Å²) < 4.78 is 6.17. The van der Waals surface area contributed by atoms with Crippen molar-refractivity contribution in [2.75, 3.05) is 26.0 Å². The number of ether oxygens (including phenoxy) is 1. The van der Waals surface area contributed by atoms with E-state index in [0.29, 0.717) is 0 Å². The molecule has 0 radical (unpaired) electrons. The first kappa shape index (κ1) is 14.8. The third-order valence-corrected chi connectivity index (χ3v) is 3.25. The second-order valence-corrected chi connectivity index (χ2v) is 5.21. The first-order chi connectivity index (χ1) is 8.45. The van der Waals surface area contributed by atoms with E-state index in [1.54, 1.807) is 19.1 Å². The number of carbonyl (C=O) groups excluding carboxylic acids is 1. The number of benzene rings is 1. The predicted molar refractivity (Wildman–Crippen MR) is 77.1 cm³/mol. The second-order valence-electron chi connectivity index (χ2n) is 4.30. The summed E-state index contributed by atoms with van der Waals surface area (Å²) in [6.07, 6.45) is 0. The van der Waals surface area contributed by atoms with Gasteiger partial charge < -0.3 is 15.0 Å². The van der Waals surface area contributed by atoms with Crippen molar-refractivity contribution in [1.82, 2.24) is 4.90 Å². The van der Waals surface area contributed by atoms with Gasteiger partial charge in [-0.25, -0.2) is 0 Å². The number of amides is 1. The van der Waals surface area contributed by atoms with Crippen molar-refractivity contribution in [3.8, 4) is 5.75 Å². The van der Waals surface area contributed by atoms with Crippen LogP contribution in [0, 0.1) is 0 Å². The van der Waals surface area contributed by atoms with E-state index < -0.39 is 0 Å². The molecule has 0 aromatic heterocycles. The maximum Gasteiger partial charge on any atom is 0.241 e. The van der Waals surface area contributed by atoms with Gasteiger partial charge >= 0.3 is 0 Å². The van der Waals surface area contributed by atoms with E-state index >= 15 is 0 Å². The Morgan fingerprint density at radius 3 is 2.72 bits per heavy atom. The molecule has 0 saturated carbocycles. The normalized spacial score (nSPS) is 10.3. The quantitative estimate of drug-likeness (QED) is 0.908. The molecule has 1 aromatic carbocycles. The number of rotatable bonds is 5. The van der Waals surface area contributed by atoms with Crippen molar-refractivity contribution >= 4 is 27.5 Å². The van der Waals surface area contributed by atoms with Crippen molar-refractivity contribution in [3.63, 3.8) is 0 Å². The maximum absolute atomic E-state index is 11.9. The summed E-state index contributed by atoms with van der Waals surface area (Å²) in [7, 11) is 3.41. The molecule has 4 nitrogen and oxygen atoms in total. The van der Waals surface area contributed by atoms with Gasteiger partial charge in [0.1, 0.15) is 5.75 Å². The van der Waals surface area contributed by atoms with Crippen LogP contribution >= 0.6 is 15.9 Å². The van der Waals surface area contributed by atoms with Gasteiger partial charge in [-0.05, 0) is 32.0 Å². The highest BCUT2D eigenvalue weighted by Gasteiger charge is 2.12. The van der Waals surface area contributed by atoms with Gasteiger partial charge in [-0.2, -0.15) is 0 Å². The van der Waals surface area contributed by atoms with Crippen LogP contribution in [0.25, 0.3) is 0 Å². The van der Waals surface area contributed by atoms with E-state index in [0.717, 1.165) is 15.9 Å². The molecular formula is C13H19BrN2O2. The highest BCUT2D eigenvalue weighted by atomic mass is 79.9. The summed E-state index contributed by atoms with van der Waals surface area (Å²) in [4.78, 5) is 13.6. The molecule has 0 heterocycles. The van der Waals surface area contributed by atoms with Crippen LogP contribution in [0.4, 0.5) is 5.69 Å². The van der Waals surface area contributed by atoms with E-state index in [2.05, 4.69) is 21.2 Å². The lowest BCUT2D eigenvalue weighted by Gasteiger charge is -2.22.